The van der Waals surface area contributed by atoms with Crippen molar-refractivity contribution in [3.8, 4) is 5.75 Å². The molecule has 0 saturated heterocycles. The molecule has 0 radical (unpaired) electrons. The number of ether oxygens (including phenoxy) is 1. The van der Waals surface area contributed by atoms with Crippen molar-refractivity contribution in [3.63, 3.8) is 0 Å². The number of aryl methyl sites for hydroxylation is 2. The molecule has 0 heterocycles. The van der Waals surface area contributed by atoms with E-state index in [0.717, 1.165) is 11.3 Å². The van der Waals surface area contributed by atoms with Gasteiger partial charge in [0.15, 0.2) is 0 Å². The van der Waals surface area contributed by atoms with Gasteiger partial charge in [-0.1, -0.05) is 30.5 Å². The maximum Gasteiger partial charge on any atom is 0.122 e. The zero-order chi connectivity index (χ0) is 13.7. The number of halogens is 1. The number of aliphatic hydroxyl groups excluding tert-OH is 1. The van der Waals surface area contributed by atoms with Crippen LogP contribution in [0.4, 0.5) is 0 Å². The van der Waals surface area contributed by atoms with Crippen molar-refractivity contribution in [1.82, 2.24) is 5.32 Å². The standard InChI is InChI=1S/C16H25NO2.ClH/c1-12-7-8-16(13(2)9-12)19-11-15(18)10-17-14-5-3-4-6-14;/h7-9,14-15,17-18H,3-6,10-11H2,1-2H3;1H/p-1. The van der Waals surface area contributed by atoms with Crippen LogP contribution in [-0.4, -0.2) is 30.4 Å². The molecule has 1 unspecified atom stereocenters. The number of hydrogen-bond acceptors (Lipinski definition) is 3. The number of aliphatic hydroxyl groups is 1. The first-order chi connectivity index (χ1) is 9.15. The molecule has 1 aliphatic carbocycles. The summed E-state index contributed by atoms with van der Waals surface area (Å²) in [5.74, 6) is 0.866. The smallest absolute Gasteiger partial charge is 0.122 e. The zero-order valence-corrected chi connectivity index (χ0v) is 13.1. The van der Waals surface area contributed by atoms with E-state index in [9.17, 15) is 5.11 Å². The van der Waals surface area contributed by atoms with Gasteiger partial charge in [0.25, 0.3) is 0 Å². The molecule has 0 spiro atoms. The second kappa shape index (κ2) is 8.50. The van der Waals surface area contributed by atoms with Gasteiger partial charge < -0.3 is 27.6 Å². The Kier molecular flexibility index (Phi) is 7.35. The third-order valence-electron chi connectivity index (χ3n) is 3.76. The maximum atomic E-state index is 9.93. The van der Waals surface area contributed by atoms with Crippen LogP contribution in [0, 0.1) is 13.8 Å². The molecular weight excluding hydrogens is 274 g/mol. The number of benzene rings is 1. The summed E-state index contributed by atoms with van der Waals surface area (Å²) in [6.45, 7) is 5.07. The fourth-order valence-electron chi connectivity index (χ4n) is 2.64. The first kappa shape index (κ1) is 17.3. The highest BCUT2D eigenvalue weighted by atomic mass is 35.5. The summed E-state index contributed by atoms with van der Waals surface area (Å²) in [6, 6.07) is 6.70. The highest BCUT2D eigenvalue weighted by molar-refractivity contribution is 5.35. The average Bonchev–Trinajstić information content (AvgIpc) is 2.88. The lowest BCUT2D eigenvalue weighted by Gasteiger charge is -2.17. The van der Waals surface area contributed by atoms with Crippen LogP contribution in [0.25, 0.3) is 0 Å². The van der Waals surface area contributed by atoms with Crippen LogP contribution < -0.4 is 22.5 Å². The van der Waals surface area contributed by atoms with E-state index in [1.54, 1.807) is 0 Å². The molecule has 0 aliphatic heterocycles. The Balaban J connectivity index is 0.00000200. The Morgan fingerprint density at radius 2 is 2.00 bits per heavy atom. The summed E-state index contributed by atoms with van der Waals surface area (Å²) in [4.78, 5) is 0. The number of rotatable bonds is 6. The predicted molar refractivity (Wildman–Crippen MR) is 77.7 cm³/mol. The van der Waals surface area contributed by atoms with Crippen molar-refractivity contribution < 1.29 is 22.3 Å². The summed E-state index contributed by atoms with van der Waals surface area (Å²) in [6.07, 6.45) is 4.66. The van der Waals surface area contributed by atoms with Crippen molar-refractivity contribution >= 4 is 0 Å². The largest absolute Gasteiger partial charge is 1.00 e. The quantitative estimate of drug-likeness (QED) is 0.750. The second-order valence-electron chi connectivity index (χ2n) is 5.62. The third-order valence-corrected chi connectivity index (χ3v) is 3.76. The minimum absolute atomic E-state index is 0. The van der Waals surface area contributed by atoms with Crippen molar-refractivity contribution in [2.75, 3.05) is 13.2 Å². The monoisotopic (exact) mass is 298 g/mol. The molecule has 0 aromatic heterocycles. The Morgan fingerprint density at radius 1 is 1.30 bits per heavy atom. The average molecular weight is 299 g/mol. The number of nitrogens with one attached hydrogen (secondary N) is 1. The first-order valence-corrected chi connectivity index (χ1v) is 7.26. The van der Waals surface area contributed by atoms with Gasteiger partial charge in [-0.05, 0) is 38.3 Å². The molecule has 1 atom stereocenters. The van der Waals surface area contributed by atoms with Gasteiger partial charge in [-0.15, -0.1) is 0 Å². The van der Waals surface area contributed by atoms with E-state index in [4.69, 9.17) is 4.74 Å². The van der Waals surface area contributed by atoms with E-state index in [0.29, 0.717) is 19.2 Å². The van der Waals surface area contributed by atoms with Crippen LogP contribution in [0.15, 0.2) is 18.2 Å². The van der Waals surface area contributed by atoms with Crippen molar-refractivity contribution in [2.24, 2.45) is 0 Å². The van der Waals surface area contributed by atoms with Crippen LogP contribution in [-0.2, 0) is 0 Å². The molecule has 2 N–H and O–H groups in total. The summed E-state index contributed by atoms with van der Waals surface area (Å²) in [7, 11) is 0. The topological polar surface area (TPSA) is 41.5 Å². The molecule has 3 nitrogen and oxygen atoms in total. The molecule has 4 heteroatoms. The van der Waals surface area contributed by atoms with Gasteiger partial charge >= 0.3 is 0 Å². The van der Waals surface area contributed by atoms with E-state index in [1.807, 2.05) is 19.1 Å². The molecule has 2 rings (SSSR count). The van der Waals surface area contributed by atoms with Gasteiger partial charge in [0.1, 0.15) is 18.5 Å². The van der Waals surface area contributed by atoms with Crippen LogP contribution in [0.5, 0.6) is 5.75 Å². The molecule has 20 heavy (non-hydrogen) atoms. The number of hydrogen-bond donors (Lipinski definition) is 2. The molecule has 1 saturated carbocycles. The van der Waals surface area contributed by atoms with E-state index in [1.165, 1.54) is 31.2 Å². The lowest BCUT2D eigenvalue weighted by atomic mass is 10.1. The lowest BCUT2D eigenvalue weighted by molar-refractivity contribution is -0.00000591. The Bertz CT molecular complexity index is 405. The summed E-state index contributed by atoms with van der Waals surface area (Å²) >= 11 is 0. The molecule has 1 aromatic carbocycles. The normalized spacial score (nSPS) is 16.8. The Labute approximate surface area is 128 Å². The van der Waals surface area contributed by atoms with Gasteiger partial charge in [-0.25, -0.2) is 0 Å². The van der Waals surface area contributed by atoms with Gasteiger partial charge in [0.2, 0.25) is 0 Å². The SMILES string of the molecule is Cc1ccc(OCC(O)CNC2CCCC2)c(C)c1.[Cl-]. The second-order valence-corrected chi connectivity index (χ2v) is 5.62. The first-order valence-electron chi connectivity index (χ1n) is 7.26. The van der Waals surface area contributed by atoms with Crippen LogP contribution in [0.1, 0.15) is 36.8 Å². The van der Waals surface area contributed by atoms with Gasteiger partial charge in [0, 0.05) is 12.6 Å². The minimum atomic E-state index is -0.443. The van der Waals surface area contributed by atoms with E-state index in [2.05, 4.69) is 18.3 Å². The Hall–Kier alpha value is -0.770. The molecular formula is C16H25ClNO2-. The lowest BCUT2D eigenvalue weighted by Crippen LogP contribution is -3.00. The summed E-state index contributed by atoms with van der Waals surface area (Å²) in [5.41, 5.74) is 2.35. The van der Waals surface area contributed by atoms with E-state index >= 15 is 0 Å². The fraction of sp³-hybridized carbons (Fsp3) is 0.625. The van der Waals surface area contributed by atoms with E-state index < -0.39 is 6.10 Å². The fourth-order valence-corrected chi connectivity index (χ4v) is 2.64. The molecule has 1 aromatic rings. The van der Waals surface area contributed by atoms with Gasteiger partial charge in [0.05, 0.1) is 0 Å². The van der Waals surface area contributed by atoms with Crippen LogP contribution in [0.3, 0.4) is 0 Å². The highest BCUT2D eigenvalue weighted by Gasteiger charge is 2.15. The predicted octanol–water partition coefficient (Wildman–Crippen LogP) is -0.421. The molecule has 1 fully saturated rings. The maximum absolute atomic E-state index is 9.93. The summed E-state index contributed by atoms with van der Waals surface area (Å²) in [5, 5.41) is 13.3. The van der Waals surface area contributed by atoms with Crippen LogP contribution >= 0.6 is 0 Å². The molecule has 0 amide bonds. The van der Waals surface area contributed by atoms with Crippen molar-refractivity contribution in [3.05, 3.63) is 29.3 Å². The van der Waals surface area contributed by atoms with Crippen molar-refractivity contribution in [1.29, 1.82) is 0 Å². The van der Waals surface area contributed by atoms with E-state index in [-0.39, 0.29) is 12.4 Å². The molecule has 114 valence electrons. The van der Waals surface area contributed by atoms with Gasteiger partial charge in [-0.2, -0.15) is 0 Å². The minimum Gasteiger partial charge on any atom is -1.00 e. The van der Waals surface area contributed by atoms with Crippen molar-refractivity contribution in [2.45, 2.75) is 51.7 Å². The third kappa shape index (κ3) is 5.31. The van der Waals surface area contributed by atoms with Gasteiger partial charge in [-0.3, -0.25) is 0 Å². The molecule has 1 aliphatic rings. The highest BCUT2D eigenvalue weighted by Crippen LogP contribution is 2.19. The van der Waals surface area contributed by atoms with Crippen LogP contribution in [0.2, 0.25) is 0 Å². The zero-order valence-electron chi connectivity index (χ0n) is 12.4. The summed E-state index contributed by atoms with van der Waals surface area (Å²) < 4.78 is 5.68. The Morgan fingerprint density at radius 3 is 2.65 bits per heavy atom. The molecule has 0 bridgehead atoms.